The van der Waals surface area contributed by atoms with Crippen LogP contribution in [0, 0.1) is 0 Å². The Labute approximate surface area is 209 Å². The Hall–Kier alpha value is -2.90. The molecule has 4 rings (SSSR count). The van der Waals surface area contributed by atoms with Gasteiger partial charge in [0.25, 0.3) is 11.8 Å². The number of aliphatic imine (C=N–C) groups is 1. The maximum Gasteiger partial charge on any atom is 0.256 e. The topological polar surface area (TPSA) is 74.1 Å². The van der Waals surface area contributed by atoms with E-state index in [1.807, 2.05) is 12.1 Å². The van der Waals surface area contributed by atoms with E-state index in [9.17, 15) is 9.59 Å². The number of amidine groups is 1. The van der Waals surface area contributed by atoms with Gasteiger partial charge in [-0.1, -0.05) is 64.6 Å². The highest BCUT2D eigenvalue weighted by atomic mass is 35.5. The van der Waals surface area contributed by atoms with E-state index >= 15 is 0 Å². The van der Waals surface area contributed by atoms with Crippen molar-refractivity contribution in [3.8, 4) is 0 Å². The molecular weight excluding hydrogens is 506 g/mol. The van der Waals surface area contributed by atoms with E-state index in [-0.39, 0.29) is 28.0 Å². The molecule has 33 heavy (non-hydrogen) atoms. The van der Waals surface area contributed by atoms with Crippen molar-refractivity contribution in [3.63, 3.8) is 0 Å². The summed E-state index contributed by atoms with van der Waals surface area (Å²) in [6, 6.07) is 16.9. The number of hydrogen-bond acceptors (Lipinski definition) is 4. The van der Waals surface area contributed by atoms with Crippen molar-refractivity contribution in [2.24, 2.45) is 10.1 Å². The summed E-state index contributed by atoms with van der Waals surface area (Å²) in [5.41, 5.74) is 2.02. The van der Waals surface area contributed by atoms with Crippen LogP contribution < -0.4 is 10.3 Å². The summed E-state index contributed by atoms with van der Waals surface area (Å²) in [6.45, 7) is 0. The average molecular weight is 520 g/mol. The molecule has 0 fully saturated rings. The van der Waals surface area contributed by atoms with E-state index in [0.29, 0.717) is 21.3 Å². The summed E-state index contributed by atoms with van der Waals surface area (Å²) < 4.78 is 0. The zero-order chi connectivity index (χ0) is 23.5. The molecule has 166 valence electrons. The highest BCUT2D eigenvalue weighted by Crippen LogP contribution is 2.38. The summed E-state index contributed by atoms with van der Waals surface area (Å²) in [6.07, 6.45) is 1.56. The number of hydrogen-bond donors (Lipinski definition) is 1. The van der Waals surface area contributed by atoms with Gasteiger partial charge in [0, 0.05) is 21.8 Å². The summed E-state index contributed by atoms with van der Waals surface area (Å²) in [7, 11) is 0. The van der Waals surface area contributed by atoms with E-state index in [2.05, 4.69) is 15.4 Å². The first kappa shape index (κ1) is 23.3. The van der Waals surface area contributed by atoms with Crippen molar-refractivity contribution in [1.29, 1.82) is 0 Å². The molecule has 1 N–H and O–H groups in total. The maximum absolute atomic E-state index is 12.7. The van der Waals surface area contributed by atoms with Crippen molar-refractivity contribution in [3.05, 3.63) is 91.9 Å². The van der Waals surface area contributed by atoms with Crippen LogP contribution in [0.5, 0.6) is 0 Å². The van der Waals surface area contributed by atoms with E-state index in [1.54, 1.807) is 42.6 Å². The van der Waals surface area contributed by atoms with Crippen LogP contribution in [0.4, 0.5) is 11.4 Å². The Morgan fingerprint density at radius 3 is 2.36 bits per heavy atom. The molecule has 0 saturated heterocycles. The molecule has 2 amide bonds. The minimum atomic E-state index is -0.430. The van der Waals surface area contributed by atoms with E-state index in [0.717, 1.165) is 10.6 Å². The van der Waals surface area contributed by atoms with Gasteiger partial charge in [0.05, 0.1) is 22.2 Å². The second-order valence-electron chi connectivity index (χ2n) is 6.96. The Balaban J connectivity index is 1.49. The Bertz CT molecular complexity index is 1280. The van der Waals surface area contributed by atoms with Crippen LogP contribution in [0.15, 0.2) is 70.8 Å². The molecule has 0 spiro atoms. The Morgan fingerprint density at radius 2 is 1.67 bits per heavy atom. The SMILES string of the molecule is O=C(NC1=NN(c2c(Cl)cc(Cl)cc2Cl)C(=O)C1)c1cccc(N=Cc2ccc(Cl)cc2)c1. The number of nitrogens with one attached hydrogen (secondary N) is 1. The number of hydrazone groups is 1. The number of carbonyl (C=O) groups excluding carboxylic acids is 2. The molecule has 1 aliphatic rings. The third-order valence-corrected chi connectivity index (χ3v) is 5.61. The fraction of sp³-hybridized carbons (Fsp3) is 0.0435. The highest BCUT2D eigenvalue weighted by Gasteiger charge is 2.30. The molecule has 10 heteroatoms. The van der Waals surface area contributed by atoms with Crippen molar-refractivity contribution >= 4 is 81.6 Å². The van der Waals surface area contributed by atoms with E-state index < -0.39 is 11.8 Å². The molecule has 1 heterocycles. The molecule has 0 unspecified atom stereocenters. The standard InChI is InChI=1S/C23H14Cl4N4O2/c24-15-6-4-13(5-7-15)12-28-17-3-1-2-14(8-17)23(33)29-20-11-21(32)31(30-20)22-18(26)9-16(25)10-19(22)27/h1-10,12H,11H2,(H,29,30,33). The summed E-state index contributed by atoms with van der Waals surface area (Å²) in [5.74, 6) is -0.653. The first-order chi connectivity index (χ1) is 15.8. The van der Waals surface area contributed by atoms with Crippen LogP contribution in [0.1, 0.15) is 22.3 Å². The molecule has 1 aliphatic heterocycles. The number of amides is 2. The molecule has 0 aromatic heterocycles. The van der Waals surface area contributed by atoms with Crippen LogP contribution in [0.25, 0.3) is 0 Å². The first-order valence-corrected chi connectivity index (χ1v) is 11.1. The van der Waals surface area contributed by atoms with Gasteiger partial charge in [-0.15, -0.1) is 0 Å². The number of anilines is 1. The van der Waals surface area contributed by atoms with Crippen molar-refractivity contribution in [2.75, 3.05) is 5.01 Å². The zero-order valence-electron chi connectivity index (χ0n) is 16.7. The smallest absolute Gasteiger partial charge is 0.256 e. The lowest BCUT2D eigenvalue weighted by Crippen LogP contribution is -2.29. The molecular formula is C23H14Cl4N4O2. The highest BCUT2D eigenvalue weighted by molar-refractivity contribution is 6.42. The molecule has 0 atom stereocenters. The fourth-order valence-electron chi connectivity index (χ4n) is 3.04. The molecule has 0 aliphatic carbocycles. The third-order valence-electron chi connectivity index (χ3n) is 4.57. The first-order valence-electron chi connectivity index (χ1n) is 9.56. The molecule has 3 aromatic carbocycles. The van der Waals surface area contributed by atoms with Gasteiger partial charge in [-0.25, -0.2) is 0 Å². The van der Waals surface area contributed by atoms with Crippen LogP contribution in [-0.4, -0.2) is 23.9 Å². The van der Waals surface area contributed by atoms with Gasteiger partial charge in [-0.3, -0.25) is 14.6 Å². The Morgan fingerprint density at radius 1 is 0.970 bits per heavy atom. The summed E-state index contributed by atoms with van der Waals surface area (Å²) in [4.78, 5) is 29.6. The van der Waals surface area contributed by atoms with Gasteiger partial charge in [0.1, 0.15) is 11.5 Å². The van der Waals surface area contributed by atoms with Gasteiger partial charge in [-0.2, -0.15) is 10.1 Å². The van der Waals surface area contributed by atoms with Crippen LogP contribution in [0.2, 0.25) is 20.1 Å². The van der Waals surface area contributed by atoms with E-state index in [1.165, 1.54) is 12.1 Å². The van der Waals surface area contributed by atoms with Gasteiger partial charge >= 0.3 is 0 Å². The number of carbonyl (C=O) groups is 2. The number of benzene rings is 3. The van der Waals surface area contributed by atoms with Gasteiger partial charge in [0.15, 0.2) is 0 Å². The third kappa shape index (κ3) is 5.54. The zero-order valence-corrected chi connectivity index (χ0v) is 19.8. The predicted octanol–water partition coefficient (Wildman–Crippen LogP) is 6.53. The van der Waals surface area contributed by atoms with Crippen molar-refractivity contribution in [1.82, 2.24) is 5.32 Å². The summed E-state index contributed by atoms with van der Waals surface area (Å²) in [5, 5.41) is 9.20. The normalized spacial score (nSPS) is 13.5. The monoisotopic (exact) mass is 518 g/mol. The largest absolute Gasteiger partial charge is 0.308 e. The van der Waals surface area contributed by atoms with Crippen LogP contribution in [0.3, 0.4) is 0 Å². The number of halogens is 4. The summed E-state index contributed by atoms with van der Waals surface area (Å²) >= 11 is 24.2. The molecule has 3 aromatic rings. The predicted molar refractivity (Wildman–Crippen MR) is 134 cm³/mol. The fourth-order valence-corrected chi connectivity index (χ4v) is 4.14. The maximum atomic E-state index is 12.7. The minimum absolute atomic E-state index is 0.116. The van der Waals surface area contributed by atoms with Crippen molar-refractivity contribution in [2.45, 2.75) is 6.42 Å². The molecule has 0 saturated carbocycles. The molecule has 0 bridgehead atoms. The van der Waals surface area contributed by atoms with Gasteiger partial charge < -0.3 is 5.32 Å². The lowest BCUT2D eigenvalue weighted by molar-refractivity contribution is -0.116. The van der Waals surface area contributed by atoms with Crippen LogP contribution in [-0.2, 0) is 4.79 Å². The van der Waals surface area contributed by atoms with Crippen molar-refractivity contribution < 1.29 is 9.59 Å². The average Bonchev–Trinajstić information content (AvgIpc) is 3.12. The minimum Gasteiger partial charge on any atom is -0.308 e. The molecule has 0 radical (unpaired) electrons. The lowest BCUT2D eigenvalue weighted by Gasteiger charge is -2.15. The second kappa shape index (κ2) is 9.93. The number of nitrogens with zero attached hydrogens (tertiary/aromatic N) is 3. The molecule has 6 nitrogen and oxygen atoms in total. The Kier molecular flexibility index (Phi) is 7.00. The van der Waals surface area contributed by atoms with Gasteiger partial charge in [-0.05, 0) is 48.0 Å². The van der Waals surface area contributed by atoms with Crippen LogP contribution >= 0.6 is 46.4 Å². The number of rotatable bonds is 4. The van der Waals surface area contributed by atoms with E-state index in [4.69, 9.17) is 46.4 Å². The lowest BCUT2D eigenvalue weighted by atomic mass is 10.2. The van der Waals surface area contributed by atoms with Gasteiger partial charge in [0.2, 0.25) is 0 Å². The quantitative estimate of drug-likeness (QED) is 0.398. The second-order valence-corrected chi connectivity index (χ2v) is 8.65.